The van der Waals surface area contributed by atoms with Gasteiger partial charge in [-0.2, -0.15) is 0 Å². The van der Waals surface area contributed by atoms with Gasteiger partial charge in [0.1, 0.15) is 0 Å². The van der Waals surface area contributed by atoms with E-state index < -0.39 is 12.3 Å². The zero-order chi connectivity index (χ0) is 31.1. The summed E-state index contributed by atoms with van der Waals surface area (Å²) in [5.41, 5.74) is 5.67. The second kappa shape index (κ2) is 14.7. The first-order valence-corrected chi connectivity index (χ1v) is 14.9. The Morgan fingerprint density at radius 2 is 1.70 bits per heavy atom. The highest BCUT2D eigenvalue weighted by Gasteiger charge is 2.34. The monoisotopic (exact) mass is 604 g/mol. The van der Waals surface area contributed by atoms with E-state index in [0.29, 0.717) is 18.7 Å². The first kappa shape index (κ1) is 31.5. The zero-order valence-corrected chi connectivity index (χ0v) is 25.2. The molecule has 1 fully saturated rings. The predicted octanol–water partition coefficient (Wildman–Crippen LogP) is 4.99. The minimum Gasteiger partial charge on any atom is -0.493 e. The van der Waals surface area contributed by atoms with Gasteiger partial charge in [0, 0.05) is 50.1 Å². The predicted molar refractivity (Wildman–Crippen MR) is 164 cm³/mol. The molecule has 1 saturated heterocycles. The molecule has 0 aliphatic carbocycles. The molecular formula is C34H40N2O8. The third-order valence-corrected chi connectivity index (χ3v) is 8.11. The number of rotatable bonds is 12. The fraction of sp³-hybridized carbons (Fsp3) is 0.412. The lowest BCUT2D eigenvalue weighted by Crippen LogP contribution is -2.41. The Kier molecular flexibility index (Phi) is 10.5. The van der Waals surface area contributed by atoms with Crippen LogP contribution in [0.2, 0.25) is 0 Å². The number of hydrogen-bond acceptors (Lipinski definition) is 8. The molecule has 10 heteroatoms. The summed E-state index contributed by atoms with van der Waals surface area (Å²) in [4.78, 5) is 25.6. The van der Waals surface area contributed by atoms with E-state index in [-0.39, 0.29) is 44.0 Å². The zero-order valence-electron chi connectivity index (χ0n) is 25.2. The largest absolute Gasteiger partial charge is 0.493 e. The van der Waals surface area contributed by atoms with Gasteiger partial charge in [0.2, 0.25) is 5.91 Å². The van der Waals surface area contributed by atoms with Gasteiger partial charge in [-0.1, -0.05) is 36.4 Å². The standard InChI is InChI=1S/C34H40N2O8/c1-41-30-16-24-13-14-36(19-26(24)17-31(30)42-2)20-28-18-29(23-11-9-22(21-37)10-12-23)44-34(43-28)25-5-3-6-27(15-25)35-32(38)7-4-8-33(39)40/h3,5-6,9-12,15-17,28-29,34,37H,4,7-8,13-14,18-21H2,1-2H3,(H,35,38)(H,39,40)/t28-,29+,34+/m1/s1. The number of nitrogens with zero attached hydrogens (tertiary/aromatic N) is 1. The van der Waals surface area contributed by atoms with Crippen molar-refractivity contribution in [2.24, 2.45) is 0 Å². The Morgan fingerprint density at radius 1 is 0.955 bits per heavy atom. The van der Waals surface area contributed by atoms with E-state index >= 15 is 0 Å². The summed E-state index contributed by atoms with van der Waals surface area (Å²) in [5, 5.41) is 21.2. The van der Waals surface area contributed by atoms with Crippen LogP contribution in [0.5, 0.6) is 11.5 Å². The van der Waals surface area contributed by atoms with Crippen molar-refractivity contribution in [2.45, 2.75) is 63.8 Å². The molecule has 44 heavy (non-hydrogen) atoms. The van der Waals surface area contributed by atoms with Crippen LogP contribution in [-0.4, -0.2) is 60.4 Å². The van der Waals surface area contributed by atoms with Gasteiger partial charge in [-0.15, -0.1) is 0 Å². The molecule has 2 heterocycles. The van der Waals surface area contributed by atoms with Crippen LogP contribution in [0, 0.1) is 0 Å². The van der Waals surface area contributed by atoms with Crippen LogP contribution in [0.1, 0.15) is 65.9 Å². The van der Waals surface area contributed by atoms with E-state index in [1.54, 1.807) is 20.3 Å². The molecule has 5 rings (SSSR count). The average Bonchev–Trinajstić information content (AvgIpc) is 3.04. The first-order chi connectivity index (χ1) is 21.3. The van der Waals surface area contributed by atoms with Crippen LogP contribution in [0.3, 0.4) is 0 Å². The summed E-state index contributed by atoms with van der Waals surface area (Å²) < 4.78 is 24.1. The minimum atomic E-state index is -0.921. The maximum atomic E-state index is 12.4. The molecular weight excluding hydrogens is 564 g/mol. The topological polar surface area (TPSA) is 127 Å². The number of nitrogens with one attached hydrogen (secondary N) is 1. The number of aliphatic carboxylic acids is 1. The van der Waals surface area contributed by atoms with Gasteiger partial charge in [0.25, 0.3) is 0 Å². The molecule has 0 aromatic heterocycles. The molecule has 10 nitrogen and oxygen atoms in total. The molecule has 3 N–H and O–H groups in total. The van der Waals surface area contributed by atoms with Crippen LogP contribution in [0.15, 0.2) is 60.7 Å². The van der Waals surface area contributed by atoms with E-state index in [9.17, 15) is 14.7 Å². The van der Waals surface area contributed by atoms with E-state index in [1.165, 1.54) is 11.1 Å². The highest BCUT2D eigenvalue weighted by Crippen LogP contribution is 2.39. The summed E-state index contributed by atoms with van der Waals surface area (Å²) >= 11 is 0. The Labute approximate surface area is 257 Å². The van der Waals surface area contributed by atoms with Crippen LogP contribution in [0.25, 0.3) is 0 Å². The maximum absolute atomic E-state index is 12.4. The highest BCUT2D eigenvalue weighted by molar-refractivity contribution is 5.90. The second-order valence-corrected chi connectivity index (χ2v) is 11.2. The fourth-order valence-electron chi connectivity index (χ4n) is 5.81. The Morgan fingerprint density at radius 3 is 2.41 bits per heavy atom. The number of anilines is 1. The van der Waals surface area contributed by atoms with Gasteiger partial charge in [0.15, 0.2) is 17.8 Å². The number of aliphatic hydroxyl groups is 1. The van der Waals surface area contributed by atoms with Gasteiger partial charge in [-0.05, 0) is 59.4 Å². The Hall–Kier alpha value is -3.96. The van der Waals surface area contributed by atoms with Crippen LogP contribution in [0.4, 0.5) is 5.69 Å². The fourth-order valence-corrected chi connectivity index (χ4v) is 5.81. The van der Waals surface area contributed by atoms with E-state index in [2.05, 4.69) is 22.3 Å². The number of carboxylic acids is 1. The molecule has 0 unspecified atom stereocenters. The molecule has 3 atom stereocenters. The number of fused-ring (bicyclic) bond motifs is 1. The molecule has 2 aliphatic rings. The molecule has 0 spiro atoms. The first-order valence-electron chi connectivity index (χ1n) is 14.9. The van der Waals surface area contributed by atoms with Crippen molar-refractivity contribution >= 4 is 17.6 Å². The molecule has 3 aromatic rings. The molecule has 1 amide bonds. The van der Waals surface area contributed by atoms with Crippen molar-refractivity contribution in [1.29, 1.82) is 0 Å². The summed E-state index contributed by atoms with van der Waals surface area (Å²) in [7, 11) is 3.30. The van der Waals surface area contributed by atoms with Gasteiger partial charge < -0.3 is 34.5 Å². The van der Waals surface area contributed by atoms with Gasteiger partial charge in [-0.3, -0.25) is 14.5 Å². The van der Waals surface area contributed by atoms with E-state index in [4.69, 9.17) is 24.1 Å². The normalized spacial score (nSPS) is 20.0. The number of carbonyl (C=O) groups excluding carboxylic acids is 1. The van der Waals surface area contributed by atoms with Crippen molar-refractivity contribution in [1.82, 2.24) is 4.90 Å². The van der Waals surface area contributed by atoms with Crippen molar-refractivity contribution < 1.29 is 38.7 Å². The van der Waals surface area contributed by atoms with Crippen molar-refractivity contribution in [3.63, 3.8) is 0 Å². The number of aliphatic hydroxyl groups excluding tert-OH is 1. The molecule has 0 saturated carbocycles. The average molecular weight is 605 g/mol. The number of ether oxygens (including phenoxy) is 4. The van der Waals surface area contributed by atoms with Crippen LogP contribution >= 0.6 is 0 Å². The number of methoxy groups -OCH3 is 2. The number of amides is 1. The molecule has 3 aromatic carbocycles. The lowest BCUT2D eigenvalue weighted by atomic mass is 9.97. The van der Waals surface area contributed by atoms with Crippen molar-refractivity contribution in [3.8, 4) is 11.5 Å². The van der Waals surface area contributed by atoms with Gasteiger partial charge >= 0.3 is 5.97 Å². The quantitative estimate of drug-likeness (QED) is 0.262. The number of benzene rings is 3. The molecule has 234 valence electrons. The molecule has 0 bridgehead atoms. The third-order valence-electron chi connectivity index (χ3n) is 8.11. The van der Waals surface area contributed by atoms with E-state index in [0.717, 1.165) is 47.7 Å². The summed E-state index contributed by atoms with van der Waals surface area (Å²) in [6, 6.07) is 19.3. The summed E-state index contributed by atoms with van der Waals surface area (Å²) in [5.74, 6) is 0.295. The highest BCUT2D eigenvalue weighted by atomic mass is 16.7. The van der Waals surface area contributed by atoms with Crippen LogP contribution in [-0.2, 0) is 38.6 Å². The van der Waals surface area contributed by atoms with Gasteiger partial charge in [0.05, 0.1) is 33.0 Å². The lowest BCUT2D eigenvalue weighted by Gasteiger charge is -2.39. The summed E-state index contributed by atoms with van der Waals surface area (Å²) in [6.07, 6.45) is 0.862. The number of hydrogen-bond donors (Lipinski definition) is 3. The third kappa shape index (κ3) is 7.95. The smallest absolute Gasteiger partial charge is 0.303 e. The Balaban J connectivity index is 1.32. The Bertz CT molecular complexity index is 1440. The number of carboxylic acid groups (broad SMARTS) is 1. The molecule has 0 radical (unpaired) electrons. The number of carbonyl (C=O) groups is 2. The maximum Gasteiger partial charge on any atom is 0.303 e. The minimum absolute atomic E-state index is 0.0257. The second-order valence-electron chi connectivity index (χ2n) is 11.2. The van der Waals surface area contributed by atoms with Crippen LogP contribution < -0.4 is 14.8 Å². The SMILES string of the molecule is COc1cc2c(cc1OC)CN(C[C@H]1C[C@@H](c3ccc(CO)cc3)O[C@@H](c3cccc(NC(=O)CCCC(=O)O)c3)O1)CC2. The molecule has 2 aliphatic heterocycles. The van der Waals surface area contributed by atoms with Crippen molar-refractivity contribution in [2.75, 3.05) is 32.6 Å². The lowest BCUT2D eigenvalue weighted by molar-refractivity contribution is -0.253. The summed E-state index contributed by atoms with van der Waals surface area (Å²) in [6.45, 7) is 2.33. The van der Waals surface area contributed by atoms with E-state index in [1.807, 2.05) is 42.5 Å². The van der Waals surface area contributed by atoms with Gasteiger partial charge in [-0.25, -0.2) is 0 Å². The van der Waals surface area contributed by atoms with Crippen molar-refractivity contribution in [3.05, 3.63) is 88.5 Å².